The average molecular weight is 593 g/mol. The van der Waals surface area contributed by atoms with Gasteiger partial charge in [-0.1, -0.05) is 26.8 Å². The van der Waals surface area contributed by atoms with Crippen molar-refractivity contribution < 1.29 is 53.1 Å². The topological polar surface area (TPSA) is 155 Å². The van der Waals surface area contributed by atoms with Gasteiger partial charge in [0.15, 0.2) is 11.9 Å². The number of esters is 4. The van der Waals surface area contributed by atoms with E-state index in [0.29, 0.717) is 12.0 Å². The summed E-state index contributed by atoms with van der Waals surface area (Å²) in [4.78, 5) is 51.4. The third kappa shape index (κ3) is 3.95. The molecule has 0 aromatic rings. The van der Waals surface area contributed by atoms with Crippen LogP contribution < -0.4 is 0 Å². The van der Waals surface area contributed by atoms with E-state index in [9.17, 15) is 29.4 Å². The molecule has 2 N–H and O–H groups in total. The van der Waals surface area contributed by atoms with Crippen molar-refractivity contribution in [1.29, 1.82) is 0 Å². The fourth-order valence-electron chi connectivity index (χ4n) is 9.73. The Bertz CT molecular complexity index is 1230. The second kappa shape index (κ2) is 9.75. The molecule has 4 aliphatic carbocycles. The average Bonchev–Trinajstić information content (AvgIpc) is 3.17. The highest BCUT2D eigenvalue weighted by Gasteiger charge is 2.88. The van der Waals surface area contributed by atoms with E-state index in [-0.39, 0.29) is 23.7 Å². The highest BCUT2D eigenvalue weighted by molar-refractivity contribution is 5.87. The molecular formula is C31H44O11. The van der Waals surface area contributed by atoms with E-state index in [1.54, 1.807) is 33.8 Å². The third-order valence-electron chi connectivity index (χ3n) is 11.4. The third-order valence-corrected chi connectivity index (χ3v) is 11.4. The molecule has 42 heavy (non-hydrogen) atoms. The van der Waals surface area contributed by atoms with Crippen molar-refractivity contribution in [1.82, 2.24) is 0 Å². The number of aliphatic hydroxyl groups is 2. The van der Waals surface area contributed by atoms with Gasteiger partial charge in [-0.3, -0.25) is 14.4 Å². The number of ether oxygens (including phenoxy) is 5. The molecule has 13 unspecified atom stereocenters. The second-order valence-electron chi connectivity index (χ2n) is 13.9. The van der Waals surface area contributed by atoms with Gasteiger partial charge in [-0.05, 0) is 56.8 Å². The van der Waals surface area contributed by atoms with E-state index in [1.165, 1.54) is 20.8 Å². The number of carbonyl (C=O) groups excluding carboxylic acids is 4. The number of rotatable bonds is 5. The number of carbonyl (C=O) groups is 4. The van der Waals surface area contributed by atoms with Gasteiger partial charge in [-0.2, -0.15) is 0 Å². The quantitative estimate of drug-likeness (QED) is 0.275. The first-order chi connectivity index (χ1) is 19.4. The molecule has 234 valence electrons. The lowest BCUT2D eigenvalue weighted by molar-refractivity contribution is -0.287. The Morgan fingerprint density at radius 3 is 2.07 bits per heavy atom. The van der Waals surface area contributed by atoms with Crippen LogP contribution in [-0.4, -0.2) is 76.0 Å². The summed E-state index contributed by atoms with van der Waals surface area (Å²) >= 11 is 0. The molecular weight excluding hydrogens is 548 g/mol. The van der Waals surface area contributed by atoms with Crippen molar-refractivity contribution in [3.63, 3.8) is 0 Å². The van der Waals surface area contributed by atoms with Crippen LogP contribution in [0.25, 0.3) is 0 Å². The highest BCUT2D eigenvalue weighted by Crippen LogP contribution is 2.79. The lowest BCUT2D eigenvalue weighted by Gasteiger charge is -2.52. The zero-order valence-electron chi connectivity index (χ0n) is 25.8. The van der Waals surface area contributed by atoms with Crippen molar-refractivity contribution in [3.05, 3.63) is 11.6 Å². The van der Waals surface area contributed by atoms with Gasteiger partial charge in [0.2, 0.25) is 0 Å². The van der Waals surface area contributed by atoms with Gasteiger partial charge in [0.25, 0.3) is 0 Å². The molecule has 0 spiro atoms. The minimum absolute atomic E-state index is 0.0450. The standard InChI is InChI=1S/C31H44O11/c1-10-13(2)25(35)40-19-11-18-20(28(18,7)8)23-29(9)26(36)30(41-17(6)34)12-14(3)22(38-15(4)32)21(30)24(39-16(5)33)31(19,23)27(37)42-29/h10,14,18-24,26-27,36-37H,11-12H2,1-9H3. The van der Waals surface area contributed by atoms with Crippen LogP contribution in [0.1, 0.15) is 75.2 Å². The van der Waals surface area contributed by atoms with Crippen molar-refractivity contribution in [2.75, 3.05) is 0 Å². The van der Waals surface area contributed by atoms with Gasteiger partial charge in [-0.25, -0.2) is 4.79 Å². The first-order valence-corrected chi connectivity index (χ1v) is 14.8. The summed E-state index contributed by atoms with van der Waals surface area (Å²) in [6.45, 7) is 14.7. The molecule has 11 nitrogen and oxygen atoms in total. The summed E-state index contributed by atoms with van der Waals surface area (Å²) in [7, 11) is 0. The van der Waals surface area contributed by atoms with Crippen LogP contribution in [0.5, 0.6) is 0 Å². The Morgan fingerprint density at radius 1 is 0.905 bits per heavy atom. The molecule has 0 aromatic heterocycles. The first kappa shape index (κ1) is 30.9. The lowest BCUT2D eigenvalue weighted by Crippen LogP contribution is -2.65. The number of fused-ring (bicyclic) bond motifs is 2. The number of aliphatic hydroxyl groups excluding tert-OH is 2. The summed E-state index contributed by atoms with van der Waals surface area (Å²) in [5, 5.41) is 24.5. The van der Waals surface area contributed by atoms with Crippen LogP contribution in [0.3, 0.4) is 0 Å². The van der Waals surface area contributed by atoms with Crippen molar-refractivity contribution in [2.24, 2.45) is 40.4 Å². The Hall–Kier alpha value is -2.50. The van der Waals surface area contributed by atoms with Crippen LogP contribution in [0.2, 0.25) is 0 Å². The first-order valence-electron chi connectivity index (χ1n) is 14.8. The SMILES string of the molecule is CC=C(C)C(=O)OC1CC2C(C3C4(C)OC(O)C13C(OC(C)=O)C1C(OC(C)=O)C(C)CC1(OC(C)=O)C4O)C2(C)C. The fraction of sp³-hybridized carbons (Fsp3) is 0.806. The maximum Gasteiger partial charge on any atom is 0.333 e. The normalized spacial score (nSPS) is 48.1. The molecule has 5 rings (SSSR count). The van der Waals surface area contributed by atoms with E-state index >= 15 is 0 Å². The maximum absolute atomic E-state index is 13.3. The lowest BCUT2D eigenvalue weighted by atomic mass is 9.56. The zero-order valence-corrected chi connectivity index (χ0v) is 25.8. The molecule has 5 fully saturated rings. The number of hydrogen-bond acceptors (Lipinski definition) is 11. The number of hydrogen-bond donors (Lipinski definition) is 2. The Kier molecular flexibility index (Phi) is 7.19. The fourth-order valence-corrected chi connectivity index (χ4v) is 9.73. The van der Waals surface area contributed by atoms with Gasteiger partial charge in [-0.15, -0.1) is 0 Å². The minimum atomic E-state index is -1.72. The predicted molar refractivity (Wildman–Crippen MR) is 145 cm³/mol. The van der Waals surface area contributed by atoms with Gasteiger partial charge in [0.05, 0.1) is 5.92 Å². The molecule has 1 saturated heterocycles. The Morgan fingerprint density at radius 2 is 1.52 bits per heavy atom. The van der Waals surface area contributed by atoms with Gasteiger partial charge < -0.3 is 33.9 Å². The molecule has 1 aliphatic heterocycles. The summed E-state index contributed by atoms with van der Waals surface area (Å²) in [6, 6.07) is 0. The van der Waals surface area contributed by atoms with E-state index in [0.717, 1.165) is 0 Å². The van der Waals surface area contributed by atoms with Gasteiger partial charge >= 0.3 is 23.9 Å². The molecule has 11 heteroatoms. The summed E-state index contributed by atoms with van der Waals surface area (Å²) < 4.78 is 30.7. The van der Waals surface area contributed by atoms with Gasteiger partial charge in [0.1, 0.15) is 35.4 Å². The van der Waals surface area contributed by atoms with E-state index < -0.39 is 89.0 Å². The summed E-state index contributed by atoms with van der Waals surface area (Å²) in [5.74, 6) is -4.91. The summed E-state index contributed by atoms with van der Waals surface area (Å²) in [5.41, 5.74) is -4.76. The van der Waals surface area contributed by atoms with Crippen LogP contribution in [0.4, 0.5) is 0 Å². The Labute approximate surface area is 246 Å². The van der Waals surface area contributed by atoms with Gasteiger partial charge in [0, 0.05) is 32.3 Å². The molecule has 1 heterocycles. The predicted octanol–water partition coefficient (Wildman–Crippen LogP) is 2.45. The molecule has 0 amide bonds. The largest absolute Gasteiger partial charge is 0.462 e. The van der Waals surface area contributed by atoms with Crippen LogP contribution >= 0.6 is 0 Å². The second-order valence-corrected chi connectivity index (χ2v) is 13.9. The van der Waals surface area contributed by atoms with Crippen molar-refractivity contribution in [3.8, 4) is 0 Å². The highest BCUT2D eigenvalue weighted by atomic mass is 16.7. The smallest absolute Gasteiger partial charge is 0.333 e. The molecule has 4 saturated carbocycles. The monoisotopic (exact) mass is 592 g/mol. The van der Waals surface area contributed by atoms with E-state index in [2.05, 4.69) is 13.8 Å². The molecule has 13 atom stereocenters. The van der Waals surface area contributed by atoms with Crippen molar-refractivity contribution >= 4 is 23.9 Å². The van der Waals surface area contributed by atoms with E-state index in [4.69, 9.17) is 23.7 Å². The zero-order chi connectivity index (χ0) is 31.3. The molecule has 0 radical (unpaired) electrons. The molecule has 5 aliphatic rings. The maximum atomic E-state index is 13.3. The number of allylic oxidation sites excluding steroid dienone is 1. The van der Waals surface area contributed by atoms with Crippen molar-refractivity contribution in [2.45, 2.75) is 117 Å². The molecule has 0 aromatic carbocycles. The Balaban J connectivity index is 1.84. The van der Waals surface area contributed by atoms with E-state index in [1.807, 2.05) is 0 Å². The minimum Gasteiger partial charge on any atom is -0.462 e. The van der Waals surface area contributed by atoms with Crippen LogP contribution in [0, 0.1) is 40.4 Å². The van der Waals surface area contributed by atoms with Crippen LogP contribution in [0.15, 0.2) is 11.6 Å². The van der Waals surface area contributed by atoms with Crippen LogP contribution in [-0.2, 0) is 42.9 Å². The molecule has 2 bridgehead atoms. The summed E-state index contributed by atoms with van der Waals surface area (Å²) in [6.07, 6.45) is -4.42.